The summed E-state index contributed by atoms with van der Waals surface area (Å²) >= 11 is 0. The number of rotatable bonds is 2. The van der Waals surface area contributed by atoms with Crippen molar-refractivity contribution in [2.45, 2.75) is 32.0 Å². The molecular formula is C14H18F3NO. The maximum Gasteiger partial charge on any atom is 0.391 e. The second-order valence-electron chi connectivity index (χ2n) is 5.02. The van der Waals surface area contributed by atoms with Gasteiger partial charge in [-0.3, -0.25) is 0 Å². The minimum Gasteiger partial charge on any atom is -0.496 e. The SMILES string of the molecule is COc1ccc(C)cc1C1CC(C(F)(F)F)CCN1. The Kier molecular flexibility index (Phi) is 4.04. The molecule has 2 rings (SSSR count). The van der Waals surface area contributed by atoms with Gasteiger partial charge in [0.2, 0.25) is 0 Å². The molecule has 1 aromatic carbocycles. The molecule has 2 unspecified atom stereocenters. The zero-order valence-corrected chi connectivity index (χ0v) is 11.1. The highest BCUT2D eigenvalue weighted by Gasteiger charge is 2.42. The van der Waals surface area contributed by atoms with Gasteiger partial charge in [-0.25, -0.2) is 0 Å². The van der Waals surface area contributed by atoms with Crippen LogP contribution >= 0.6 is 0 Å². The van der Waals surface area contributed by atoms with E-state index in [2.05, 4.69) is 5.32 Å². The predicted octanol–water partition coefficient (Wildman–Crippen LogP) is 3.61. The van der Waals surface area contributed by atoms with Gasteiger partial charge in [0.1, 0.15) is 5.75 Å². The van der Waals surface area contributed by atoms with Gasteiger partial charge >= 0.3 is 6.18 Å². The first kappa shape index (κ1) is 14.2. The first-order valence-corrected chi connectivity index (χ1v) is 6.36. The van der Waals surface area contributed by atoms with E-state index in [0.29, 0.717) is 12.3 Å². The van der Waals surface area contributed by atoms with Crippen LogP contribution in [0.15, 0.2) is 18.2 Å². The van der Waals surface area contributed by atoms with E-state index in [1.807, 2.05) is 25.1 Å². The highest BCUT2D eigenvalue weighted by atomic mass is 19.4. The van der Waals surface area contributed by atoms with E-state index in [0.717, 1.165) is 11.1 Å². The molecule has 2 atom stereocenters. The van der Waals surface area contributed by atoms with Crippen molar-refractivity contribution in [1.29, 1.82) is 0 Å². The number of alkyl halides is 3. The van der Waals surface area contributed by atoms with E-state index in [1.165, 1.54) is 7.11 Å². The molecule has 19 heavy (non-hydrogen) atoms. The summed E-state index contributed by atoms with van der Waals surface area (Å²) < 4.78 is 43.8. The Bertz CT molecular complexity index is 445. The number of hydrogen-bond acceptors (Lipinski definition) is 2. The van der Waals surface area contributed by atoms with Gasteiger partial charge in [0.15, 0.2) is 0 Å². The van der Waals surface area contributed by atoms with Crippen molar-refractivity contribution < 1.29 is 17.9 Å². The molecule has 1 fully saturated rings. The fourth-order valence-electron chi connectivity index (χ4n) is 2.58. The van der Waals surface area contributed by atoms with E-state index in [-0.39, 0.29) is 18.9 Å². The lowest BCUT2D eigenvalue weighted by molar-refractivity contribution is -0.183. The standard InChI is InChI=1S/C14H18F3NO/c1-9-3-4-13(19-2)11(7-9)12-8-10(5-6-18-12)14(15,16)17/h3-4,7,10,12,18H,5-6,8H2,1-2H3. The number of ether oxygens (including phenoxy) is 1. The molecule has 0 aliphatic carbocycles. The lowest BCUT2D eigenvalue weighted by atomic mass is 9.87. The maximum atomic E-state index is 12.8. The number of halogens is 3. The van der Waals surface area contributed by atoms with Crippen LogP contribution in [0.2, 0.25) is 0 Å². The summed E-state index contributed by atoms with van der Waals surface area (Å²) in [6.45, 7) is 2.30. The molecule has 5 heteroatoms. The molecule has 1 aliphatic rings. The molecule has 106 valence electrons. The smallest absolute Gasteiger partial charge is 0.391 e. The summed E-state index contributed by atoms with van der Waals surface area (Å²) in [5.74, 6) is -0.588. The number of hydrogen-bond donors (Lipinski definition) is 1. The van der Waals surface area contributed by atoms with Crippen LogP contribution in [0.1, 0.15) is 30.0 Å². The third-order valence-corrected chi connectivity index (χ3v) is 3.63. The second kappa shape index (κ2) is 5.41. The zero-order valence-electron chi connectivity index (χ0n) is 11.1. The summed E-state index contributed by atoms with van der Waals surface area (Å²) in [7, 11) is 1.54. The molecule has 2 nitrogen and oxygen atoms in total. The lowest BCUT2D eigenvalue weighted by Gasteiger charge is -2.32. The first-order chi connectivity index (χ1) is 8.91. The highest BCUT2D eigenvalue weighted by molar-refractivity contribution is 5.39. The number of methoxy groups -OCH3 is 1. The molecule has 0 spiro atoms. The number of aryl methyl sites for hydroxylation is 1. The van der Waals surface area contributed by atoms with Gasteiger partial charge < -0.3 is 10.1 Å². The number of benzene rings is 1. The van der Waals surface area contributed by atoms with Crippen LogP contribution < -0.4 is 10.1 Å². The molecule has 0 bridgehead atoms. The van der Waals surface area contributed by atoms with Crippen LogP contribution in [0, 0.1) is 12.8 Å². The Hall–Kier alpha value is -1.23. The normalized spacial score (nSPS) is 24.3. The number of nitrogens with one attached hydrogen (secondary N) is 1. The average molecular weight is 273 g/mol. The topological polar surface area (TPSA) is 21.3 Å². The van der Waals surface area contributed by atoms with Crippen LogP contribution in [0.25, 0.3) is 0 Å². The molecule has 1 heterocycles. The van der Waals surface area contributed by atoms with E-state index in [1.54, 1.807) is 0 Å². The quantitative estimate of drug-likeness (QED) is 0.888. The van der Waals surface area contributed by atoms with Gasteiger partial charge in [-0.1, -0.05) is 17.7 Å². The molecule has 0 radical (unpaired) electrons. The predicted molar refractivity (Wildman–Crippen MR) is 67.3 cm³/mol. The van der Waals surface area contributed by atoms with Crippen molar-refractivity contribution >= 4 is 0 Å². The van der Waals surface area contributed by atoms with Crippen molar-refractivity contribution in [1.82, 2.24) is 5.32 Å². The van der Waals surface area contributed by atoms with E-state index in [9.17, 15) is 13.2 Å². The molecule has 0 aromatic heterocycles. The summed E-state index contributed by atoms with van der Waals surface area (Å²) in [5, 5.41) is 3.16. The molecule has 1 aromatic rings. The van der Waals surface area contributed by atoms with Crippen molar-refractivity contribution in [2.75, 3.05) is 13.7 Å². The average Bonchev–Trinajstić information content (AvgIpc) is 2.38. The third-order valence-electron chi connectivity index (χ3n) is 3.63. The van der Waals surface area contributed by atoms with Gasteiger partial charge in [0.05, 0.1) is 13.0 Å². The van der Waals surface area contributed by atoms with Gasteiger partial charge in [-0.15, -0.1) is 0 Å². The molecule has 1 aliphatic heterocycles. The van der Waals surface area contributed by atoms with Gasteiger partial charge in [-0.05, 0) is 32.4 Å². The number of piperidine rings is 1. The summed E-state index contributed by atoms with van der Waals surface area (Å²) in [5.41, 5.74) is 1.84. The van der Waals surface area contributed by atoms with Gasteiger partial charge in [0.25, 0.3) is 0 Å². The fraction of sp³-hybridized carbons (Fsp3) is 0.571. The minimum absolute atomic E-state index is 0.0727. The monoisotopic (exact) mass is 273 g/mol. The Labute approximate surface area is 111 Å². The largest absolute Gasteiger partial charge is 0.496 e. The van der Waals surface area contributed by atoms with Crippen LogP contribution in [0.3, 0.4) is 0 Å². The summed E-state index contributed by atoms with van der Waals surface area (Å²) in [6, 6.07) is 5.31. The minimum atomic E-state index is -4.11. The Morgan fingerprint density at radius 3 is 2.68 bits per heavy atom. The van der Waals surface area contributed by atoms with Crippen LogP contribution in [-0.2, 0) is 0 Å². The van der Waals surface area contributed by atoms with E-state index >= 15 is 0 Å². The van der Waals surface area contributed by atoms with Crippen LogP contribution in [0.5, 0.6) is 5.75 Å². The zero-order chi connectivity index (χ0) is 14.0. The second-order valence-corrected chi connectivity index (χ2v) is 5.02. The summed E-state index contributed by atoms with van der Waals surface area (Å²) in [6.07, 6.45) is -3.89. The highest BCUT2D eigenvalue weighted by Crippen LogP contribution is 2.40. The Balaban J connectivity index is 2.24. The molecule has 1 N–H and O–H groups in total. The molecule has 0 amide bonds. The Morgan fingerprint density at radius 1 is 1.32 bits per heavy atom. The lowest BCUT2D eigenvalue weighted by Crippen LogP contribution is -2.38. The Morgan fingerprint density at radius 2 is 2.05 bits per heavy atom. The van der Waals surface area contributed by atoms with Gasteiger partial charge in [0, 0.05) is 11.6 Å². The molecule has 0 saturated carbocycles. The van der Waals surface area contributed by atoms with Crippen molar-refractivity contribution in [3.63, 3.8) is 0 Å². The van der Waals surface area contributed by atoms with Crippen molar-refractivity contribution in [3.05, 3.63) is 29.3 Å². The van der Waals surface area contributed by atoms with Crippen LogP contribution in [0.4, 0.5) is 13.2 Å². The molecule has 1 saturated heterocycles. The fourth-order valence-corrected chi connectivity index (χ4v) is 2.58. The van der Waals surface area contributed by atoms with Crippen LogP contribution in [-0.4, -0.2) is 19.8 Å². The third kappa shape index (κ3) is 3.21. The maximum absolute atomic E-state index is 12.8. The first-order valence-electron chi connectivity index (χ1n) is 6.36. The van der Waals surface area contributed by atoms with Crippen molar-refractivity contribution in [3.8, 4) is 5.75 Å². The molecular weight excluding hydrogens is 255 g/mol. The van der Waals surface area contributed by atoms with Gasteiger partial charge in [-0.2, -0.15) is 13.2 Å². The summed E-state index contributed by atoms with van der Waals surface area (Å²) in [4.78, 5) is 0. The van der Waals surface area contributed by atoms with E-state index in [4.69, 9.17) is 4.74 Å². The van der Waals surface area contributed by atoms with Crippen molar-refractivity contribution in [2.24, 2.45) is 5.92 Å². The van der Waals surface area contributed by atoms with E-state index < -0.39 is 12.1 Å².